The molecule has 0 amide bonds. The van der Waals surface area contributed by atoms with Crippen molar-refractivity contribution in [1.29, 1.82) is 0 Å². The number of rotatable bonds is 6. The van der Waals surface area contributed by atoms with E-state index in [4.69, 9.17) is 17.0 Å². The van der Waals surface area contributed by atoms with E-state index in [0.717, 1.165) is 11.1 Å². The van der Waals surface area contributed by atoms with Crippen molar-refractivity contribution < 1.29 is 13.9 Å². The minimum Gasteiger partial charge on any atom is -0.423 e. The van der Waals surface area contributed by atoms with Gasteiger partial charge in [0.1, 0.15) is 11.6 Å². The van der Waals surface area contributed by atoms with Gasteiger partial charge in [0, 0.05) is 6.54 Å². The summed E-state index contributed by atoms with van der Waals surface area (Å²) in [7, 11) is 0. The standard InChI is InChI=1S/C22H18FN3O2S/c23-19-10-8-18(9-11-19)21(27)28-20-12-6-17(7-13-20)15-25-26-22(29)24-14-16-4-2-1-3-5-16/h1-13,15H,14H2,(H2,24,26,29)/b25-15+. The molecule has 146 valence electrons. The number of benzene rings is 3. The van der Waals surface area contributed by atoms with Gasteiger partial charge in [0.25, 0.3) is 0 Å². The van der Waals surface area contributed by atoms with Crippen LogP contribution in [0.5, 0.6) is 5.75 Å². The number of ether oxygens (including phenoxy) is 1. The van der Waals surface area contributed by atoms with Gasteiger partial charge in [-0.25, -0.2) is 9.18 Å². The first-order chi connectivity index (χ1) is 14.1. The summed E-state index contributed by atoms with van der Waals surface area (Å²) >= 11 is 5.17. The molecule has 0 aliphatic rings. The van der Waals surface area contributed by atoms with Crippen LogP contribution in [0.1, 0.15) is 21.5 Å². The largest absolute Gasteiger partial charge is 0.423 e. The Bertz CT molecular complexity index is 991. The molecule has 0 aliphatic carbocycles. The molecule has 0 spiro atoms. The van der Waals surface area contributed by atoms with E-state index in [0.29, 0.717) is 17.4 Å². The molecule has 3 aromatic rings. The van der Waals surface area contributed by atoms with Gasteiger partial charge in [-0.3, -0.25) is 5.43 Å². The summed E-state index contributed by atoms with van der Waals surface area (Å²) in [5.41, 5.74) is 4.94. The molecule has 0 heterocycles. The fraction of sp³-hybridized carbons (Fsp3) is 0.0455. The average Bonchev–Trinajstić information content (AvgIpc) is 2.75. The number of nitrogens with zero attached hydrogens (tertiary/aromatic N) is 1. The fourth-order valence-corrected chi connectivity index (χ4v) is 2.48. The zero-order chi connectivity index (χ0) is 20.5. The Hall–Kier alpha value is -3.58. The van der Waals surface area contributed by atoms with E-state index >= 15 is 0 Å². The molecule has 0 bridgehead atoms. The predicted octanol–water partition coefficient (Wildman–Crippen LogP) is 4.04. The first-order valence-electron chi connectivity index (χ1n) is 8.79. The van der Waals surface area contributed by atoms with Gasteiger partial charge < -0.3 is 10.1 Å². The van der Waals surface area contributed by atoms with Crippen LogP contribution in [0.15, 0.2) is 84.0 Å². The third-order valence-electron chi connectivity index (χ3n) is 3.85. The van der Waals surface area contributed by atoms with Gasteiger partial charge in [-0.15, -0.1) is 0 Å². The van der Waals surface area contributed by atoms with Crippen molar-refractivity contribution in [2.75, 3.05) is 0 Å². The summed E-state index contributed by atoms with van der Waals surface area (Å²) < 4.78 is 18.2. The smallest absolute Gasteiger partial charge is 0.343 e. The highest BCUT2D eigenvalue weighted by molar-refractivity contribution is 7.80. The van der Waals surface area contributed by atoms with Crippen molar-refractivity contribution in [1.82, 2.24) is 10.7 Å². The third kappa shape index (κ3) is 6.51. The van der Waals surface area contributed by atoms with Crippen molar-refractivity contribution in [2.24, 2.45) is 5.10 Å². The van der Waals surface area contributed by atoms with E-state index in [-0.39, 0.29) is 5.56 Å². The van der Waals surface area contributed by atoms with Crippen molar-refractivity contribution in [3.05, 3.63) is 101 Å². The van der Waals surface area contributed by atoms with Crippen molar-refractivity contribution in [3.8, 4) is 5.75 Å². The Labute approximate surface area is 173 Å². The molecule has 3 rings (SSSR count). The molecule has 0 aliphatic heterocycles. The molecule has 0 unspecified atom stereocenters. The topological polar surface area (TPSA) is 62.7 Å². The van der Waals surface area contributed by atoms with Gasteiger partial charge in [-0.1, -0.05) is 30.3 Å². The maximum absolute atomic E-state index is 12.9. The summed E-state index contributed by atoms with van der Waals surface area (Å²) in [5.74, 6) is -0.582. The first-order valence-corrected chi connectivity index (χ1v) is 9.19. The van der Waals surface area contributed by atoms with Crippen LogP contribution < -0.4 is 15.5 Å². The Morgan fingerprint density at radius 3 is 2.38 bits per heavy atom. The highest BCUT2D eigenvalue weighted by atomic mass is 32.1. The summed E-state index contributed by atoms with van der Waals surface area (Å²) in [6.07, 6.45) is 1.60. The number of hydrazone groups is 1. The predicted molar refractivity (Wildman–Crippen MR) is 114 cm³/mol. The van der Waals surface area contributed by atoms with Crippen LogP contribution in [-0.4, -0.2) is 17.3 Å². The van der Waals surface area contributed by atoms with Crippen LogP contribution in [0.3, 0.4) is 0 Å². The number of carbonyl (C=O) groups excluding carboxylic acids is 1. The molecule has 29 heavy (non-hydrogen) atoms. The molecule has 2 N–H and O–H groups in total. The minimum atomic E-state index is -0.553. The number of hydrogen-bond acceptors (Lipinski definition) is 4. The van der Waals surface area contributed by atoms with E-state index < -0.39 is 11.8 Å². The fourth-order valence-electron chi connectivity index (χ4n) is 2.36. The Morgan fingerprint density at radius 2 is 1.69 bits per heavy atom. The van der Waals surface area contributed by atoms with Crippen LogP contribution in [0.4, 0.5) is 4.39 Å². The van der Waals surface area contributed by atoms with E-state index in [1.54, 1.807) is 30.5 Å². The number of thiocarbonyl (C=S) groups is 1. The highest BCUT2D eigenvalue weighted by Crippen LogP contribution is 2.14. The average molecular weight is 407 g/mol. The van der Waals surface area contributed by atoms with Crippen molar-refractivity contribution >= 4 is 29.5 Å². The van der Waals surface area contributed by atoms with Gasteiger partial charge >= 0.3 is 5.97 Å². The van der Waals surface area contributed by atoms with Gasteiger partial charge in [0.15, 0.2) is 5.11 Å². The quantitative estimate of drug-likeness (QED) is 0.212. The van der Waals surface area contributed by atoms with Crippen molar-refractivity contribution in [2.45, 2.75) is 6.54 Å². The van der Waals surface area contributed by atoms with E-state index in [9.17, 15) is 9.18 Å². The Balaban J connectivity index is 1.46. The lowest BCUT2D eigenvalue weighted by Gasteiger charge is -2.07. The number of nitrogens with one attached hydrogen (secondary N) is 2. The van der Waals surface area contributed by atoms with Crippen LogP contribution in [0, 0.1) is 5.82 Å². The monoisotopic (exact) mass is 407 g/mol. The zero-order valence-corrected chi connectivity index (χ0v) is 16.2. The molecule has 3 aromatic carbocycles. The second kappa shape index (κ2) is 10.1. The molecular weight excluding hydrogens is 389 g/mol. The summed E-state index contributed by atoms with van der Waals surface area (Å²) in [6.45, 7) is 0.607. The van der Waals surface area contributed by atoms with Gasteiger partial charge in [0.2, 0.25) is 0 Å². The van der Waals surface area contributed by atoms with Gasteiger partial charge in [-0.2, -0.15) is 5.10 Å². The number of esters is 1. The first kappa shape index (κ1) is 20.2. The molecule has 0 saturated heterocycles. The SMILES string of the molecule is O=C(Oc1ccc(/C=N/NC(=S)NCc2ccccc2)cc1)c1ccc(F)cc1. The van der Waals surface area contributed by atoms with Crippen LogP contribution >= 0.6 is 12.2 Å². The van der Waals surface area contributed by atoms with Gasteiger partial charge in [0.05, 0.1) is 11.8 Å². The summed E-state index contributed by atoms with van der Waals surface area (Å²) in [5, 5.41) is 7.55. The molecule has 0 aromatic heterocycles. The van der Waals surface area contributed by atoms with Crippen LogP contribution in [-0.2, 0) is 6.54 Å². The highest BCUT2D eigenvalue weighted by Gasteiger charge is 2.08. The molecule has 0 radical (unpaired) electrons. The summed E-state index contributed by atoms with van der Waals surface area (Å²) in [6, 6.07) is 21.9. The van der Waals surface area contributed by atoms with Crippen LogP contribution in [0.25, 0.3) is 0 Å². The Kier molecular flexibility index (Phi) is 7.02. The van der Waals surface area contributed by atoms with E-state index in [1.807, 2.05) is 30.3 Å². The van der Waals surface area contributed by atoms with Crippen LogP contribution in [0.2, 0.25) is 0 Å². The molecule has 0 fully saturated rings. The van der Waals surface area contributed by atoms with E-state index in [2.05, 4.69) is 15.8 Å². The number of hydrogen-bond donors (Lipinski definition) is 2. The van der Waals surface area contributed by atoms with E-state index in [1.165, 1.54) is 24.3 Å². The number of halogens is 1. The Morgan fingerprint density at radius 1 is 1.00 bits per heavy atom. The number of carbonyl (C=O) groups is 1. The van der Waals surface area contributed by atoms with Gasteiger partial charge in [-0.05, 0) is 71.9 Å². The second-order valence-electron chi connectivity index (χ2n) is 6.00. The second-order valence-corrected chi connectivity index (χ2v) is 6.41. The lowest BCUT2D eigenvalue weighted by atomic mass is 10.2. The third-order valence-corrected chi connectivity index (χ3v) is 4.08. The zero-order valence-electron chi connectivity index (χ0n) is 15.3. The maximum Gasteiger partial charge on any atom is 0.343 e. The van der Waals surface area contributed by atoms with Crippen molar-refractivity contribution in [3.63, 3.8) is 0 Å². The molecular formula is C22H18FN3O2S. The molecule has 0 atom stereocenters. The lowest BCUT2D eigenvalue weighted by Crippen LogP contribution is -2.31. The molecule has 5 nitrogen and oxygen atoms in total. The minimum absolute atomic E-state index is 0.276. The molecule has 0 saturated carbocycles. The summed E-state index contributed by atoms with van der Waals surface area (Å²) in [4.78, 5) is 12.0. The maximum atomic E-state index is 12.9. The molecule has 7 heteroatoms. The normalized spacial score (nSPS) is 10.5. The lowest BCUT2D eigenvalue weighted by molar-refractivity contribution is 0.0734.